The Labute approximate surface area is 127 Å². The van der Waals surface area contributed by atoms with Gasteiger partial charge in [-0.3, -0.25) is 11.3 Å². The number of hydrazine groups is 1. The topological polar surface area (TPSA) is 38.0 Å². The van der Waals surface area contributed by atoms with Gasteiger partial charge in [0.1, 0.15) is 11.6 Å². The van der Waals surface area contributed by atoms with Crippen LogP contribution in [0.5, 0.6) is 0 Å². The van der Waals surface area contributed by atoms with E-state index in [1.54, 1.807) is 0 Å². The molecule has 112 valence electrons. The number of rotatable bonds is 4. The molecule has 0 aliphatic rings. The van der Waals surface area contributed by atoms with Crippen molar-refractivity contribution in [3.05, 3.63) is 69.2 Å². The summed E-state index contributed by atoms with van der Waals surface area (Å²) in [5.74, 6) is 2.12. The van der Waals surface area contributed by atoms with Gasteiger partial charge in [-0.25, -0.2) is 17.6 Å². The summed E-state index contributed by atoms with van der Waals surface area (Å²) in [6, 6.07) is 4.58. The largest absolute Gasteiger partial charge is 0.271 e. The highest BCUT2D eigenvalue weighted by molar-refractivity contribution is 9.10. The first-order chi connectivity index (χ1) is 9.93. The molecular formula is C14H11BrF4N2. The van der Waals surface area contributed by atoms with Crippen LogP contribution in [0, 0.1) is 23.3 Å². The van der Waals surface area contributed by atoms with Gasteiger partial charge < -0.3 is 0 Å². The average molecular weight is 363 g/mol. The van der Waals surface area contributed by atoms with E-state index in [1.807, 2.05) is 0 Å². The minimum atomic E-state index is -1.06. The molecule has 1 atom stereocenters. The SMILES string of the molecule is NNC(Cc1cc(F)ccc1F)c1ccc(F)c(F)c1Br. The molecule has 0 saturated carbocycles. The predicted octanol–water partition coefficient (Wildman–Crippen LogP) is 3.75. The van der Waals surface area contributed by atoms with Gasteiger partial charge in [-0.05, 0) is 57.7 Å². The normalized spacial score (nSPS) is 12.5. The summed E-state index contributed by atoms with van der Waals surface area (Å²) in [6.07, 6.45) is -0.0240. The Bertz CT molecular complexity index is 664. The Morgan fingerprint density at radius 1 is 1.05 bits per heavy atom. The highest BCUT2D eigenvalue weighted by Gasteiger charge is 2.20. The van der Waals surface area contributed by atoms with Crippen molar-refractivity contribution in [2.45, 2.75) is 12.5 Å². The van der Waals surface area contributed by atoms with Gasteiger partial charge in [-0.1, -0.05) is 6.07 Å². The number of hydrogen-bond donors (Lipinski definition) is 2. The Balaban J connectivity index is 2.37. The van der Waals surface area contributed by atoms with E-state index in [-0.39, 0.29) is 16.5 Å². The van der Waals surface area contributed by atoms with Crippen LogP contribution in [0.1, 0.15) is 17.2 Å². The van der Waals surface area contributed by atoms with Gasteiger partial charge in [0.2, 0.25) is 0 Å². The number of nitrogens with one attached hydrogen (secondary N) is 1. The van der Waals surface area contributed by atoms with Crippen LogP contribution < -0.4 is 11.3 Å². The number of benzene rings is 2. The first-order valence-electron chi connectivity index (χ1n) is 5.97. The van der Waals surface area contributed by atoms with Crippen LogP contribution in [-0.4, -0.2) is 0 Å². The van der Waals surface area contributed by atoms with Gasteiger partial charge in [-0.2, -0.15) is 0 Å². The van der Waals surface area contributed by atoms with Crippen molar-refractivity contribution in [2.24, 2.45) is 5.84 Å². The molecule has 3 N–H and O–H groups in total. The third-order valence-corrected chi connectivity index (χ3v) is 3.88. The molecule has 0 saturated heterocycles. The first-order valence-corrected chi connectivity index (χ1v) is 6.76. The van der Waals surface area contributed by atoms with Crippen LogP contribution in [0.4, 0.5) is 17.6 Å². The van der Waals surface area contributed by atoms with E-state index >= 15 is 0 Å². The quantitative estimate of drug-likeness (QED) is 0.376. The lowest BCUT2D eigenvalue weighted by atomic mass is 9.98. The van der Waals surface area contributed by atoms with Crippen LogP contribution >= 0.6 is 15.9 Å². The molecule has 0 aliphatic carbocycles. The second-order valence-electron chi connectivity index (χ2n) is 4.42. The molecular weight excluding hydrogens is 352 g/mol. The van der Waals surface area contributed by atoms with Crippen LogP contribution in [0.15, 0.2) is 34.8 Å². The summed E-state index contributed by atoms with van der Waals surface area (Å²) >= 11 is 2.94. The molecule has 1 unspecified atom stereocenters. The van der Waals surface area contributed by atoms with E-state index in [2.05, 4.69) is 21.4 Å². The van der Waals surface area contributed by atoms with Crippen molar-refractivity contribution in [1.29, 1.82) is 0 Å². The minimum Gasteiger partial charge on any atom is -0.271 e. The fourth-order valence-electron chi connectivity index (χ4n) is 1.99. The minimum absolute atomic E-state index is 0.0240. The molecule has 0 aromatic heterocycles. The van der Waals surface area contributed by atoms with Crippen molar-refractivity contribution < 1.29 is 17.6 Å². The van der Waals surface area contributed by atoms with Gasteiger partial charge in [0, 0.05) is 0 Å². The maximum atomic E-state index is 13.6. The molecule has 0 bridgehead atoms. The van der Waals surface area contributed by atoms with Gasteiger partial charge in [0.05, 0.1) is 10.5 Å². The average Bonchev–Trinajstić information content (AvgIpc) is 2.46. The molecule has 2 aromatic rings. The lowest BCUT2D eigenvalue weighted by Gasteiger charge is -2.19. The highest BCUT2D eigenvalue weighted by atomic mass is 79.9. The zero-order chi connectivity index (χ0) is 15.6. The molecule has 0 radical (unpaired) electrons. The van der Waals surface area contributed by atoms with Gasteiger partial charge in [0.25, 0.3) is 0 Å². The predicted molar refractivity (Wildman–Crippen MR) is 74.2 cm³/mol. The van der Waals surface area contributed by atoms with Gasteiger partial charge in [0.15, 0.2) is 11.6 Å². The molecule has 0 fully saturated rings. The van der Waals surface area contributed by atoms with Crippen molar-refractivity contribution in [3.63, 3.8) is 0 Å². The van der Waals surface area contributed by atoms with Crippen molar-refractivity contribution in [1.82, 2.24) is 5.43 Å². The van der Waals surface area contributed by atoms with Crippen LogP contribution in [0.2, 0.25) is 0 Å². The molecule has 0 spiro atoms. The Morgan fingerprint density at radius 2 is 1.71 bits per heavy atom. The summed E-state index contributed by atoms with van der Waals surface area (Å²) in [5.41, 5.74) is 2.78. The Hall–Kier alpha value is -1.44. The molecule has 2 aromatic carbocycles. The lowest BCUT2D eigenvalue weighted by molar-refractivity contribution is 0.487. The van der Waals surface area contributed by atoms with Gasteiger partial charge >= 0.3 is 0 Å². The first kappa shape index (κ1) is 15.9. The smallest absolute Gasteiger partial charge is 0.173 e. The maximum Gasteiger partial charge on any atom is 0.173 e. The zero-order valence-corrected chi connectivity index (χ0v) is 12.2. The molecule has 0 aliphatic heterocycles. The van der Waals surface area contributed by atoms with E-state index in [0.717, 1.165) is 24.3 Å². The maximum absolute atomic E-state index is 13.6. The summed E-state index contributed by atoms with van der Waals surface area (Å²) < 4.78 is 53.3. The second kappa shape index (κ2) is 6.55. The molecule has 2 nitrogen and oxygen atoms in total. The van der Waals surface area contributed by atoms with Crippen molar-refractivity contribution in [2.75, 3.05) is 0 Å². The molecule has 0 amide bonds. The molecule has 0 heterocycles. The summed E-state index contributed by atoms with van der Waals surface area (Å²) in [7, 11) is 0. The summed E-state index contributed by atoms with van der Waals surface area (Å²) in [5, 5.41) is 0. The van der Waals surface area contributed by atoms with Crippen LogP contribution in [-0.2, 0) is 6.42 Å². The van der Waals surface area contributed by atoms with Gasteiger partial charge in [-0.15, -0.1) is 0 Å². The number of nitrogens with two attached hydrogens (primary N) is 1. The lowest BCUT2D eigenvalue weighted by Crippen LogP contribution is -2.30. The molecule has 2 rings (SSSR count). The van der Waals surface area contributed by atoms with E-state index in [4.69, 9.17) is 5.84 Å². The third kappa shape index (κ3) is 3.42. The third-order valence-electron chi connectivity index (χ3n) is 3.07. The van der Waals surface area contributed by atoms with Crippen LogP contribution in [0.25, 0.3) is 0 Å². The summed E-state index contributed by atoms with van der Waals surface area (Å²) in [4.78, 5) is 0. The van der Waals surface area contributed by atoms with Crippen molar-refractivity contribution >= 4 is 15.9 Å². The molecule has 21 heavy (non-hydrogen) atoms. The van der Waals surface area contributed by atoms with E-state index < -0.39 is 29.3 Å². The monoisotopic (exact) mass is 362 g/mol. The Morgan fingerprint density at radius 3 is 2.38 bits per heavy atom. The molecule has 7 heteroatoms. The van der Waals surface area contributed by atoms with Crippen molar-refractivity contribution in [3.8, 4) is 0 Å². The van der Waals surface area contributed by atoms with Crippen LogP contribution in [0.3, 0.4) is 0 Å². The Kier molecular flexibility index (Phi) is 4.97. The summed E-state index contributed by atoms with van der Waals surface area (Å²) in [6.45, 7) is 0. The second-order valence-corrected chi connectivity index (χ2v) is 5.22. The standard InChI is InChI=1S/C14H11BrF4N2/c15-13-9(2-4-11(18)14(13)19)12(21-20)6-7-5-8(16)1-3-10(7)17/h1-5,12,21H,6,20H2. The zero-order valence-electron chi connectivity index (χ0n) is 10.6. The van der Waals surface area contributed by atoms with E-state index in [0.29, 0.717) is 5.56 Å². The number of hydrogen-bond acceptors (Lipinski definition) is 2. The highest BCUT2D eigenvalue weighted by Crippen LogP contribution is 2.30. The number of halogens is 5. The fraction of sp³-hybridized carbons (Fsp3) is 0.143. The van der Waals surface area contributed by atoms with E-state index in [9.17, 15) is 17.6 Å². The van der Waals surface area contributed by atoms with E-state index in [1.165, 1.54) is 6.07 Å². The fourth-order valence-corrected chi connectivity index (χ4v) is 2.59.